The number of carbonyl (C=O) groups excluding carboxylic acids is 2. The number of nitrogens with one attached hydrogen (secondary N) is 1. The van der Waals surface area contributed by atoms with Crippen LogP contribution in [0.15, 0.2) is 24.3 Å². The Balaban J connectivity index is 2.69. The summed E-state index contributed by atoms with van der Waals surface area (Å²) in [4.78, 5) is 22.2. The van der Waals surface area contributed by atoms with Gasteiger partial charge in [-0.1, -0.05) is 12.1 Å². The molecular formula is C12H12N2O3. The highest BCUT2D eigenvalue weighted by molar-refractivity contribution is 5.92. The predicted octanol–water partition coefficient (Wildman–Crippen LogP) is 1.25. The summed E-state index contributed by atoms with van der Waals surface area (Å²) in [7, 11) is 1.32. The Kier molecular flexibility index (Phi) is 4.70. The SMILES string of the molecule is COC(=O)Cc1cccc(NC(=O)CC#N)c1. The second-order valence-electron chi connectivity index (χ2n) is 3.34. The molecule has 0 radical (unpaired) electrons. The molecular weight excluding hydrogens is 220 g/mol. The van der Waals surface area contributed by atoms with Crippen LogP contribution in [-0.4, -0.2) is 19.0 Å². The first-order valence-corrected chi connectivity index (χ1v) is 4.98. The number of amides is 1. The maximum Gasteiger partial charge on any atom is 0.309 e. The molecule has 0 unspecified atom stereocenters. The third-order valence-corrected chi connectivity index (χ3v) is 2.03. The van der Waals surface area contributed by atoms with Gasteiger partial charge in [0.1, 0.15) is 6.42 Å². The molecule has 1 aromatic carbocycles. The number of methoxy groups -OCH3 is 1. The molecule has 0 aliphatic heterocycles. The second kappa shape index (κ2) is 6.28. The Hall–Kier alpha value is -2.35. The number of rotatable bonds is 4. The minimum atomic E-state index is -0.372. The molecule has 0 fully saturated rings. The van der Waals surface area contributed by atoms with Crippen LogP contribution in [0.25, 0.3) is 0 Å². The molecule has 0 heterocycles. The highest BCUT2D eigenvalue weighted by atomic mass is 16.5. The molecule has 0 aliphatic carbocycles. The fourth-order valence-electron chi connectivity index (χ4n) is 1.27. The maximum absolute atomic E-state index is 11.2. The van der Waals surface area contributed by atoms with Gasteiger partial charge < -0.3 is 10.1 Å². The zero-order valence-electron chi connectivity index (χ0n) is 9.40. The van der Waals surface area contributed by atoms with Crippen LogP contribution in [0.4, 0.5) is 5.69 Å². The van der Waals surface area contributed by atoms with Gasteiger partial charge in [0.15, 0.2) is 0 Å². The van der Waals surface area contributed by atoms with Gasteiger partial charge in [0.2, 0.25) is 5.91 Å². The molecule has 0 saturated carbocycles. The highest BCUT2D eigenvalue weighted by Gasteiger charge is 2.05. The van der Waals surface area contributed by atoms with E-state index in [2.05, 4.69) is 10.1 Å². The lowest BCUT2D eigenvalue weighted by atomic mass is 10.1. The first-order chi connectivity index (χ1) is 8.15. The van der Waals surface area contributed by atoms with E-state index in [0.29, 0.717) is 5.69 Å². The Morgan fingerprint density at radius 3 is 2.88 bits per heavy atom. The van der Waals surface area contributed by atoms with Crippen LogP contribution in [0.1, 0.15) is 12.0 Å². The summed E-state index contributed by atoms with van der Waals surface area (Å²) < 4.78 is 4.54. The fraction of sp³-hybridized carbons (Fsp3) is 0.250. The van der Waals surface area contributed by atoms with Crippen LogP contribution in [0.5, 0.6) is 0 Å². The molecule has 0 saturated heterocycles. The van der Waals surface area contributed by atoms with Crippen LogP contribution < -0.4 is 5.32 Å². The van der Waals surface area contributed by atoms with E-state index in [0.717, 1.165) is 5.56 Å². The number of anilines is 1. The Morgan fingerprint density at radius 1 is 1.47 bits per heavy atom. The van der Waals surface area contributed by atoms with Gasteiger partial charge in [-0.3, -0.25) is 9.59 Å². The predicted molar refractivity (Wildman–Crippen MR) is 61.0 cm³/mol. The van der Waals surface area contributed by atoms with E-state index in [4.69, 9.17) is 5.26 Å². The van der Waals surface area contributed by atoms with Gasteiger partial charge in [-0.2, -0.15) is 5.26 Å². The van der Waals surface area contributed by atoms with Crippen molar-refractivity contribution in [1.29, 1.82) is 5.26 Å². The molecule has 0 bridgehead atoms. The van der Waals surface area contributed by atoms with Crippen molar-refractivity contribution in [3.63, 3.8) is 0 Å². The summed E-state index contributed by atoms with van der Waals surface area (Å²) in [6, 6.07) is 8.60. The van der Waals surface area contributed by atoms with Crippen molar-refractivity contribution in [3.05, 3.63) is 29.8 Å². The number of hydrogen-bond acceptors (Lipinski definition) is 4. The molecule has 0 atom stereocenters. The molecule has 5 heteroatoms. The van der Waals surface area contributed by atoms with Crippen molar-refractivity contribution in [2.75, 3.05) is 12.4 Å². The van der Waals surface area contributed by atoms with E-state index < -0.39 is 0 Å². The van der Waals surface area contributed by atoms with Crippen LogP contribution in [0, 0.1) is 11.3 Å². The van der Waals surface area contributed by atoms with Crippen molar-refractivity contribution < 1.29 is 14.3 Å². The summed E-state index contributed by atoms with van der Waals surface area (Å²) in [6.07, 6.45) is -0.0420. The fourth-order valence-corrected chi connectivity index (χ4v) is 1.27. The van der Waals surface area contributed by atoms with Crippen molar-refractivity contribution in [1.82, 2.24) is 0 Å². The number of benzene rings is 1. The first kappa shape index (κ1) is 12.7. The first-order valence-electron chi connectivity index (χ1n) is 4.98. The summed E-state index contributed by atoms with van der Waals surface area (Å²) in [6.45, 7) is 0. The van der Waals surface area contributed by atoms with E-state index >= 15 is 0 Å². The quantitative estimate of drug-likeness (QED) is 0.792. The topological polar surface area (TPSA) is 79.2 Å². The third-order valence-electron chi connectivity index (χ3n) is 2.03. The average Bonchev–Trinajstić information content (AvgIpc) is 2.29. The van der Waals surface area contributed by atoms with Crippen molar-refractivity contribution in [2.45, 2.75) is 12.8 Å². The minimum Gasteiger partial charge on any atom is -0.469 e. The third kappa shape index (κ3) is 4.34. The largest absolute Gasteiger partial charge is 0.469 e. The van der Waals surface area contributed by atoms with E-state index in [1.807, 2.05) is 0 Å². The number of carbonyl (C=O) groups is 2. The molecule has 0 spiro atoms. The standard InChI is InChI=1S/C12H12N2O3/c1-17-12(16)8-9-3-2-4-10(7-9)14-11(15)5-6-13/h2-4,7H,5,8H2,1H3,(H,14,15). The Morgan fingerprint density at radius 2 is 2.24 bits per heavy atom. The number of nitriles is 1. The molecule has 1 N–H and O–H groups in total. The lowest BCUT2D eigenvalue weighted by molar-refractivity contribution is -0.139. The molecule has 0 aromatic heterocycles. The second-order valence-corrected chi connectivity index (χ2v) is 3.34. The van der Waals surface area contributed by atoms with Gasteiger partial charge in [0.25, 0.3) is 0 Å². The highest BCUT2D eigenvalue weighted by Crippen LogP contribution is 2.11. The average molecular weight is 232 g/mol. The summed E-state index contributed by atoms with van der Waals surface area (Å²) in [5.74, 6) is -0.715. The van der Waals surface area contributed by atoms with E-state index in [-0.39, 0.29) is 24.7 Å². The van der Waals surface area contributed by atoms with Gasteiger partial charge >= 0.3 is 5.97 Å². The van der Waals surface area contributed by atoms with Gasteiger partial charge in [0.05, 0.1) is 19.6 Å². The molecule has 5 nitrogen and oxygen atoms in total. The van der Waals surface area contributed by atoms with Gasteiger partial charge in [0, 0.05) is 5.69 Å². The number of hydrogen-bond donors (Lipinski definition) is 1. The van der Waals surface area contributed by atoms with Crippen LogP contribution >= 0.6 is 0 Å². The number of esters is 1. The lowest BCUT2D eigenvalue weighted by Gasteiger charge is -2.05. The van der Waals surface area contributed by atoms with Crippen LogP contribution in [0.2, 0.25) is 0 Å². The Labute approximate surface area is 99.0 Å². The lowest BCUT2D eigenvalue weighted by Crippen LogP contribution is -2.11. The minimum absolute atomic E-state index is 0.151. The van der Waals surface area contributed by atoms with Crippen molar-refractivity contribution in [2.24, 2.45) is 0 Å². The van der Waals surface area contributed by atoms with Crippen LogP contribution in [-0.2, 0) is 20.7 Å². The zero-order chi connectivity index (χ0) is 12.7. The summed E-state index contributed by atoms with van der Waals surface area (Å²) in [5, 5.41) is 10.9. The van der Waals surface area contributed by atoms with E-state index in [9.17, 15) is 9.59 Å². The number of ether oxygens (including phenoxy) is 1. The smallest absolute Gasteiger partial charge is 0.309 e. The Bertz CT molecular complexity index is 463. The molecule has 17 heavy (non-hydrogen) atoms. The van der Waals surface area contributed by atoms with Gasteiger partial charge in [-0.25, -0.2) is 0 Å². The molecule has 0 aliphatic rings. The number of nitrogens with zero attached hydrogens (tertiary/aromatic N) is 1. The maximum atomic E-state index is 11.2. The van der Waals surface area contributed by atoms with Crippen molar-refractivity contribution in [3.8, 4) is 6.07 Å². The summed E-state index contributed by atoms with van der Waals surface area (Å²) in [5.41, 5.74) is 1.30. The summed E-state index contributed by atoms with van der Waals surface area (Å²) >= 11 is 0. The van der Waals surface area contributed by atoms with E-state index in [1.165, 1.54) is 7.11 Å². The normalized spacial score (nSPS) is 9.18. The molecule has 1 aromatic rings. The van der Waals surface area contributed by atoms with Gasteiger partial charge in [-0.05, 0) is 17.7 Å². The molecule has 1 rings (SSSR count). The zero-order valence-corrected chi connectivity index (χ0v) is 9.40. The van der Waals surface area contributed by atoms with E-state index in [1.54, 1.807) is 30.3 Å². The monoisotopic (exact) mass is 232 g/mol. The molecule has 88 valence electrons. The van der Waals surface area contributed by atoms with Crippen molar-refractivity contribution >= 4 is 17.6 Å². The van der Waals surface area contributed by atoms with Gasteiger partial charge in [-0.15, -0.1) is 0 Å². The molecule has 1 amide bonds. The van der Waals surface area contributed by atoms with Crippen LogP contribution in [0.3, 0.4) is 0 Å².